The minimum Gasteiger partial charge on any atom is -0.324 e. The van der Waals surface area contributed by atoms with Crippen molar-refractivity contribution in [3.05, 3.63) is 114 Å². The Balaban J connectivity index is 1.54. The molecule has 0 saturated heterocycles. The summed E-state index contributed by atoms with van der Waals surface area (Å²) >= 11 is 0. The zero-order valence-electron chi connectivity index (χ0n) is 18.6. The Bertz CT molecular complexity index is 1150. The molecule has 0 radical (unpaired) electrons. The molecule has 32 heavy (non-hydrogen) atoms. The number of benzene rings is 3. The molecule has 0 spiro atoms. The minimum atomic E-state index is -0.486. The predicted molar refractivity (Wildman–Crippen MR) is 129 cm³/mol. The van der Waals surface area contributed by atoms with Crippen LogP contribution in [0.2, 0.25) is 0 Å². The van der Waals surface area contributed by atoms with E-state index in [-0.39, 0.29) is 11.9 Å². The number of hydrogen-bond acceptors (Lipinski definition) is 3. The van der Waals surface area contributed by atoms with Crippen LogP contribution in [0.15, 0.2) is 91.5 Å². The van der Waals surface area contributed by atoms with Crippen LogP contribution in [-0.4, -0.2) is 15.5 Å². The van der Waals surface area contributed by atoms with E-state index in [1.54, 1.807) is 12.5 Å². The minimum absolute atomic E-state index is 0.0259. The summed E-state index contributed by atoms with van der Waals surface area (Å²) in [4.78, 5) is 17.4. The highest BCUT2D eigenvalue weighted by atomic mass is 16.2. The average Bonchev–Trinajstić information content (AvgIpc) is 3.32. The van der Waals surface area contributed by atoms with Gasteiger partial charge >= 0.3 is 0 Å². The monoisotopic (exact) mass is 424 g/mol. The van der Waals surface area contributed by atoms with Crippen molar-refractivity contribution in [1.29, 1.82) is 0 Å². The smallest absolute Gasteiger partial charge is 0.246 e. The molecule has 2 unspecified atom stereocenters. The van der Waals surface area contributed by atoms with Crippen molar-refractivity contribution >= 4 is 11.6 Å². The average molecular weight is 425 g/mol. The second-order valence-corrected chi connectivity index (χ2v) is 8.16. The quantitative estimate of drug-likeness (QED) is 0.411. The molecule has 0 bridgehead atoms. The Labute approximate surface area is 189 Å². The first-order chi connectivity index (χ1) is 15.5. The van der Waals surface area contributed by atoms with Crippen molar-refractivity contribution in [3.8, 4) is 5.69 Å². The summed E-state index contributed by atoms with van der Waals surface area (Å²) < 4.78 is 1.96. The van der Waals surface area contributed by atoms with E-state index >= 15 is 0 Å². The van der Waals surface area contributed by atoms with Crippen LogP contribution < -0.4 is 10.6 Å². The number of rotatable bonds is 7. The van der Waals surface area contributed by atoms with Gasteiger partial charge in [0.2, 0.25) is 5.91 Å². The predicted octanol–water partition coefficient (Wildman–Crippen LogP) is 5.52. The number of aromatic nitrogens is 2. The Morgan fingerprint density at radius 3 is 2.22 bits per heavy atom. The zero-order valence-corrected chi connectivity index (χ0v) is 18.6. The van der Waals surface area contributed by atoms with E-state index in [1.807, 2.05) is 67.1 Å². The second-order valence-electron chi connectivity index (χ2n) is 8.16. The number of hydrogen-bond donors (Lipinski definition) is 2. The van der Waals surface area contributed by atoms with Crippen molar-refractivity contribution in [2.75, 3.05) is 5.32 Å². The lowest BCUT2D eigenvalue weighted by Gasteiger charge is -2.24. The first-order valence-corrected chi connectivity index (χ1v) is 10.8. The number of aryl methyl sites for hydroxylation is 2. The third-order valence-electron chi connectivity index (χ3n) is 5.50. The third-order valence-corrected chi connectivity index (χ3v) is 5.50. The van der Waals surface area contributed by atoms with Crippen LogP contribution in [0.3, 0.4) is 0 Å². The molecule has 2 atom stereocenters. The van der Waals surface area contributed by atoms with Gasteiger partial charge in [-0.05, 0) is 67.3 Å². The van der Waals surface area contributed by atoms with Gasteiger partial charge in [-0.1, -0.05) is 48.5 Å². The number of anilines is 1. The number of nitrogens with zero attached hydrogens (tertiary/aromatic N) is 2. The number of carbonyl (C=O) groups is 1. The van der Waals surface area contributed by atoms with E-state index in [0.717, 1.165) is 33.6 Å². The van der Waals surface area contributed by atoms with Gasteiger partial charge in [-0.15, -0.1) is 0 Å². The fourth-order valence-corrected chi connectivity index (χ4v) is 3.92. The summed E-state index contributed by atoms with van der Waals surface area (Å²) in [7, 11) is 0. The van der Waals surface area contributed by atoms with E-state index in [4.69, 9.17) is 0 Å². The van der Waals surface area contributed by atoms with Gasteiger partial charge in [0.15, 0.2) is 0 Å². The summed E-state index contributed by atoms with van der Waals surface area (Å²) in [5, 5.41) is 6.62. The molecule has 0 fully saturated rings. The highest BCUT2D eigenvalue weighted by molar-refractivity contribution is 5.95. The molecule has 0 saturated carbocycles. The highest BCUT2D eigenvalue weighted by Gasteiger charge is 2.23. The summed E-state index contributed by atoms with van der Waals surface area (Å²) in [6.07, 6.45) is 5.45. The topological polar surface area (TPSA) is 59.0 Å². The van der Waals surface area contributed by atoms with Gasteiger partial charge in [-0.2, -0.15) is 0 Å². The Morgan fingerprint density at radius 2 is 1.59 bits per heavy atom. The molecule has 3 aromatic carbocycles. The maximum Gasteiger partial charge on any atom is 0.246 e. The van der Waals surface area contributed by atoms with Crippen LogP contribution in [0.4, 0.5) is 5.69 Å². The van der Waals surface area contributed by atoms with E-state index in [9.17, 15) is 4.79 Å². The van der Waals surface area contributed by atoms with Crippen LogP contribution >= 0.6 is 0 Å². The van der Waals surface area contributed by atoms with E-state index in [0.29, 0.717) is 0 Å². The lowest BCUT2D eigenvalue weighted by atomic mass is 10.0. The zero-order chi connectivity index (χ0) is 22.5. The van der Waals surface area contributed by atoms with Crippen molar-refractivity contribution in [2.45, 2.75) is 32.9 Å². The molecular formula is C27H28N4O. The number of carbonyl (C=O) groups excluding carboxylic acids is 1. The Kier molecular flexibility index (Phi) is 6.47. The lowest BCUT2D eigenvalue weighted by Crippen LogP contribution is -2.34. The van der Waals surface area contributed by atoms with Crippen molar-refractivity contribution in [1.82, 2.24) is 14.9 Å². The Hall–Kier alpha value is -3.70. The lowest BCUT2D eigenvalue weighted by molar-refractivity contribution is -0.118. The molecule has 4 rings (SSSR count). The first kappa shape index (κ1) is 21.5. The van der Waals surface area contributed by atoms with Gasteiger partial charge in [0.05, 0.1) is 6.33 Å². The highest BCUT2D eigenvalue weighted by Crippen LogP contribution is 2.23. The second kappa shape index (κ2) is 9.62. The van der Waals surface area contributed by atoms with Crippen LogP contribution in [0.1, 0.15) is 41.3 Å². The molecule has 162 valence electrons. The molecule has 0 aliphatic rings. The largest absolute Gasteiger partial charge is 0.324 e. The third kappa shape index (κ3) is 5.13. The summed E-state index contributed by atoms with van der Waals surface area (Å²) in [5.74, 6) is -0.0805. The molecule has 0 aliphatic heterocycles. The van der Waals surface area contributed by atoms with Crippen LogP contribution in [0.5, 0.6) is 0 Å². The van der Waals surface area contributed by atoms with Gasteiger partial charge < -0.3 is 9.88 Å². The molecule has 5 nitrogen and oxygen atoms in total. The van der Waals surface area contributed by atoms with Gasteiger partial charge in [0, 0.05) is 29.8 Å². The van der Waals surface area contributed by atoms with Crippen LogP contribution in [-0.2, 0) is 4.79 Å². The Morgan fingerprint density at radius 1 is 0.906 bits per heavy atom. The van der Waals surface area contributed by atoms with Crippen molar-refractivity contribution < 1.29 is 4.79 Å². The molecule has 2 N–H and O–H groups in total. The maximum absolute atomic E-state index is 13.3. The fraction of sp³-hybridized carbons (Fsp3) is 0.185. The SMILES string of the molecule is Cc1cc(C)cc(NC(=O)C(NC(C)c2ccc(-n3ccnc3)cc2)c2ccccc2)c1. The van der Waals surface area contributed by atoms with E-state index in [2.05, 4.69) is 52.9 Å². The number of imidazole rings is 1. The summed E-state index contributed by atoms with van der Waals surface area (Å²) in [6, 6.07) is 23.7. The van der Waals surface area contributed by atoms with Gasteiger partial charge in [-0.3, -0.25) is 10.1 Å². The van der Waals surface area contributed by atoms with Crippen LogP contribution in [0.25, 0.3) is 5.69 Å². The number of amides is 1. The van der Waals surface area contributed by atoms with E-state index in [1.165, 1.54) is 0 Å². The molecule has 5 heteroatoms. The molecular weight excluding hydrogens is 396 g/mol. The molecule has 1 amide bonds. The molecule has 4 aromatic rings. The summed E-state index contributed by atoms with van der Waals surface area (Å²) in [6.45, 7) is 6.14. The molecule has 0 aliphatic carbocycles. The first-order valence-electron chi connectivity index (χ1n) is 10.8. The van der Waals surface area contributed by atoms with Gasteiger partial charge in [0.1, 0.15) is 6.04 Å². The van der Waals surface area contributed by atoms with Gasteiger partial charge in [-0.25, -0.2) is 4.98 Å². The number of nitrogens with one attached hydrogen (secondary N) is 2. The normalized spacial score (nSPS) is 12.8. The van der Waals surface area contributed by atoms with Crippen molar-refractivity contribution in [3.63, 3.8) is 0 Å². The van der Waals surface area contributed by atoms with Crippen LogP contribution in [0, 0.1) is 13.8 Å². The molecule has 1 heterocycles. The maximum atomic E-state index is 13.3. The summed E-state index contributed by atoms with van der Waals surface area (Å²) in [5.41, 5.74) is 6.13. The van der Waals surface area contributed by atoms with Crippen molar-refractivity contribution in [2.24, 2.45) is 0 Å². The molecule has 1 aromatic heterocycles. The van der Waals surface area contributed by atoms with E-state index < -0.39 is 6.04 Å². The fourth-order valence-electron chi connectivity index (χ4n) is 3.92. The standard InChI is InChI=1S/C27H28N4O/c1-19-15-20(2)17-24(16-19)30-27(32)26(23-7-5-4-6-8-23)29-21(3)22-9-11-25(12-10-22)31-14-13-28-18-31/h4-18,21,26,29H,1-3H3,(H,30,32). The van der Waals surface area contributed by atoms with Gasteiger partial charge in [0.25, 0.3) is 0 Å².